The second-order valence-electron chi connectivity index (χ2n) is 7.74. The maximum atomic E-state index is 7.88. The van der Waals surface area contributed by atoms with Crippen LogP contribution in [0.4, 0.5) is 17.3 Å². The molecule has 1 fully saturated rings. The molecule has 2 aromatic rings. The van der Waals surface area contributed by atoms with Gasteiger partial charge in [0.2, 0.25) is 5.95 Å². The number of nitrogens with one attached hydrogen (secondary N) is 3. The summed E-state index contributed by atoms with van der Waals surface area (Å²) >= 11 is 6.37. The Labute approximate surface area is 208 Å². The van der Waals surface area contributed by atoms with Crippen LogP contribution in [0.1, 0.15) is 5.69 Å². The van der Waals surface area contributed by atoms with E-state index in [0.717, 1.165) is 32.8 Å². The molecular formula is C24H28ClN7O3. The smallest absolute Gasteiger partial charge is 0.227 e. The first-order valence-corrected chi connectivity index (χ1v) is 11.5. The summed E-state index contributed by atoms with van der Waals surface area (Å²) < 4.78 is 16.8. The number of ether oxygens (including phenoxy) is 3. The molecule has 4 rings (SSSR count). The molecule has 5 N–H and O–H groups in total. The van der Waals surface area contributed by atoms with E-state index in [-0.39, 0.29) is 5.95 Å². The SMILES string of the molecule is COc1cc(OCCN2CCOCC2)c(N)cc1Nc1ncc(Cl)c(/C(C=N)=C2\C=CC=CN2)n1. The highest BCUT2D eigenvalue weighted by molar-refractivity contribution is 6.33. The van der Waals surface area contributed by atoms with Gasteiger partial charge in [-0.25, -0.2) is 9.97 Å². The topological polar surface area (TPSA) is 131 Å². The summed E-state index contributed by atoms with van der Waals surface area (Å²) in [7, 11) is 1.56. The lowest BCUT2D eigenvalue weighted by Gasteiger charge is -2.26. The van der Waals surface area contributed by atoms with Crippen LogP contribution in [-0.2, 0) is 4.74 Å². The van der Waals surface area contributed by atoms with Gasteiger partial charge in [0.1, 0.15) is 18.1 Å². The second-order valence-corrected chi connectivity index (χ2v) is 8.15. The van der Waals surface area contributed by atoms with Gasteiger partial charge in [0.15, 0.2) is 0 Å². The van der Waals surface area contributed by atoms with Crippen molar-refractivity contribution in [2.24, 2.45) is 0 Å². The van der Waals surface area contributed by atoms with Crippen LogP contribution in [0.2, 0.25) is 5.02 Å². The molecule has 1 aromatic heterocycles. The molecule has 0 unspecified atom stereocenters. The van der Waals surface area contributed by atoms with Crippen molar-refractivity contribution in [3.8, 4) is 11.5 Å². The van der Waals surface area contributed by atoms with Crippen LogP contribution in [0.3, 0.4) is 0 Å². The fraction of sp³-hybridized carbons (Fsp3) is 0.292. The predicted octanol–water partition coefficient (Wildman–Crippen LogP) is 3.21. The first kappa shape index (κ1) is 24.5. The molecular weight excluding hydrogens is 470 g/mol. The molecule has 3 heterocycles. The highest BCUT2D eigenvalue weighted by atomic mass is 35.5. The Hall–Kier alpha value is -3.60. The van der Waals surface area contributed by atoms with Gasteiger partial charge in [0.05, 0.1) is 48.6 Å². The highest BCUT2D eigenvalue weighted by Crippen LogP contribution is 2.36. The minimum absolute atomic E-state index is 0.276. The van der Waals surface area contributed by atoms with Crippen molar-refractivity contribution in [2.75, 3.05) is 57.6 Å². The van der Waals surface area contributed by atoms with Gasteiger partial charge in [-0.2, -0.15) is 0 Å². The zero-order valence-electron chi connectivity index (χ0n) is 19.4. The minimum atomic E-state index is 0.276. The van der Waals surface area contributed by atoms with E-state index in [2.05, 4.69) is 25.5 Å². The summed E-state index contributed by atoms with van der Waals surface area (Å²) in [5, 5.41) is 14.4. The molecule has 1 aromatic carbocycles. The lowest BCUT2D eigenvalue weighted by molar-refractivity contribution is 0.0323. The van der Waals surface area contributed by atoms with Crippen LogP contribution in [-0.4, -0.2) is 67.6 Å². The lowest BCUT2D eigenvalue weighted by Crippen LogP contribution is -2.38. The molecule has 184 valence electrons. The quantitative estimate of drug-likeness (QED) is 0.304. The van der Waals surface area contributed by atoms with Crippen molar-refractivity contribution < 1.29 is 14.2 Å². The van der Waals surface area contributed by atoms with E-state index in [0.29, 0.717) is 51.5 Å². The normalized spacial score (nSPS) is 17.0. The van der Waals surface area contributed by atoms with Gasteiger partial charge in [0.25, 0.3) is 0 Å². The summed E-state index contributed by atoms with van der Waals surface area (Å²) in [6.07, 6.45) is 10.0. The molecule has 0 atom stereocenters. The number of morpholine rings is 1. The summed E-state index contributed by atoms with van der Waals surface area (Å²) in [4.78, 5) is 11.1. The van der Waals surface area contributed by atoms with Crippen LogP contribution >= 0.6 is 11.6 Å². The van der Waals surface area contributed by atoms with Crippen LogP contribution in [0.5, 0.6) is 11.5 Å². The third-order valence-corrected chi connectivity index (χ3v) is 5.77. The van der Waals surface area contributed by atoms with Gasteiger partial charge >= 0.3 is 0 Å². The fourth-order valence-corrected chi connectivity index (χ4v) is 3.84. The second kappa shape index (κ2) is 11.7. The number of nitrogens with zero attached hydrogens (tertiary/aromatic N) is 3. The predicted molar refractivity (Wildman–Crippen MR) is 138 cm³/mol. The van der Waals surface area contributed by atoms with Gasteiger partial charge in [-0.15, -0.1) is 0 Å². The lowest BCUT2D eigenvalue weighted by atomic mass is 10.1. The average Bonchev–Trinajstić information content (AvgIpc) is 2.89. The number of aromatic nitrogens is 2. The third-order valence-electron chi connectivity index (χ3n) is 5.49. The molecule has 0 bridgehead atoms. The van der Waals surface area contributed by atoms with Crippen molar-refractivity contribution >= 4 is 40.7 Å². The van der Waals surface area contributed by atoms with Gasteiger partial charge in [-0.3, -0.25) is 4.90 Å². The Morgan fingerprint density at radius 2 is 2.14 bits per heavy atom. The molecule has 0 aliphatic carbocycles. The Bertz CT molecular complexity index is 1160. The molecule has 11 heteroatoms. The van der Waals surface area contributed by atoms with Gasteiger partial charge < -0.3 is 36.0 Å². The molecule has 0 amide bonds. The monoisotopic (exact) mass is 497 g/mol. The molecule has 35 heavy (non-hydrogen) atoms. The van der Waals surface area contributed by atoms with E-state index < -0.39 is 0 Å². The van der Waals surface area contributed by atoms with Crippen LogP contribution in [0, 0.1) is 5.41 Å². The summed E-state index contributed by atoms with van der Waals surface area (Å²) in [5.41, 5.74) is 8.93. The largest absolute Gasteiger partial charge is 0.494 e. The first-order valence-electron chi connectivity index (χ1n) is 11.1. The van der Waals surface area contributed by atoms with Crippen LogP contribution in [0.25, 0.3) is 5.57 Å². The van der Waals surface area contributed by atoms with Gasteiger partial charge in [0, 0.05) is 49.4 Å². The molecule has 2 aliphatic heterocycles. The Morgan fingerprint density at radius 1 is 1.31 bits per heavy atom. The van der Waals surface area contributed by atoms with E-state index in [4.69, 9.17) is 37.0 Å². The van der Waals surface area contributed by atoms with E-state index in [1.165, 1.54) is 12.4 Å². The summed E-state index contributed by atoms with van der Waals surface area (Å²) in [6, 6.07) is 3.45. The number of dihydropyridines is 1. The Morgan fingerprint density at radius 3 is 2.86 bits per heavy atom. The van der Waals surface area contributed by atoms with E-state index in [1.807, 2.05) is 18.2 Å². The number of allylic oxidation sites excluding steroid dienone is 4. The molecule has 0 spiro atoms. The molecule has 1 saturated heterocycles. The number of rotatable bonds is 9. The zero-order chi connectivity index (χ0) is 24.6. The molecule has 2 aliphatic rings. The Balaban J connectivity index is 1.52. The van der Waals surface area contributed by atoms with Crippen molar-refractivity contribution in [1.82, 2.24) is 20.2 Å². The van der Waals surface area contributed by atoms with Crippen molar-refractivity contribution in [3.05, 3.63) is 59.2 Å². The maximum absolute atomic E-state index is 7.88. The fourth-order valence-electron chi connectivity index (χ4n) is 3.65. The summed E-state index contributed by atoms with van der Waals surface area (Å²) in [5.74, 6) is 1.34. The summed E-state index contributed by atoms with van der Waals surface area (Å²) in [6.45, 7) is 4.57. The minimum Gasteiger partial charge on any atom is -0.494 e. The number of halogens is 1. The molecule has 0 saturated carbocycles. The third kappa shape index (κ3) is 6.10. The average molecular weight is 498 g/mol. The van der Waals surface area contributed by atoms with Crippen LogP contribution in [0.15, 0.2) is 48.5 Å². The number of hydrogen-bond donors (Lipinski definition) is 4. The van der Waals surface area contributed by atoms with Gasteiger partial charge in [-0.05, 0) is 18.2 Å². The van der Waals surface area contributed by atoms with Crippen molar-refractivity contribution in [3.63, 3.8) is 0 Å². The zero-order valence-corrected chi connectivity index (χ0v) is 20.1. The standard InChI is InChI=1S/C24H28ClN7O3/c1-33-22-13-21(35-11-8-32-6-9-34-10-7-32)18(27)12-20(22)30-24-29-15-17(25)23(31-24)16(14-26)19-4-2-3-5-28-19/h2-5,12-15,26,28H,6-11,27H2,1H3,(H,29,30,31)/b19-16+,26-14?. The first-order chi connectivity index (χ1) is 17.1. The van der Waals surface area contributed by atoms with E-state index in [9.17, 15) is 0 Å². The number of nitrogens with two attached hydrogens (primary N) is 1. The van der Waals surface area contributed by atoms with Crippen molar-refractivity contribution in [1.29, 1.82) is 5.41 Å². The van der Waals surface area contributed by atoms with E-state index in [1.54, 1.807) is 25.4 Å². The van der Waals surface area contributed by atoms with Gasteiger partial charge in [-0.1, -0.05) is 17.7 Å². The number of methoxy groups -OCH3 is 1. The van der Waals surface area contributed by atoms with E-state index >= 15 is 0 Å². The maximum Gasteiger partial charge on any atom is 0.227 e. The number of hydrogen-bond acceptors (Lipinski definition) is 10. The number of anilines is 3. The molecule has 0 radical (unpaired) electrons. The van der Waals surface area contributed by atoms with Crippen molar-refractivity contribution in [2.45, 2.75) is 0 Å². The Kier molecular flexibility index (Phi) is 8.19. The molecule has 10 nitrogen and oxygen atoms in total. The highest BCUT2D eigenvalue weighted by Gasteiger charge is 2.16. The number of benzene rings is 1. The van der Waals surface area contributed by atoms with Crippen LogP contribution < -0.4 is 25.8 Å². The number of nitrogen functional groups attached to an aromatic ring is 1.